The quantitative estimate of drug-likeness (QED) is 0.768. The summed E-state index contributed by atoms with van der Waals surface area (Å²) in [5.41, 5.74) is -1.74. The van der Waals surface area contributed by atoms with Crippen molar-refractivity contribution in [3.05, 3.63) is 29.8 Å². The molecule has 1 aromatic rings. The third-order valence-corrected chi connectivity index (χ3v) is 4.55. The largest absolute Gasteiger partial charge is 0.471 e. The molecule has 1 saturated carbocycles. The lowest BCUT2D eigenvalue weighted by atomic mass is 9.54. The molecule has 1 heterocycles. The number of fused-ring (bicyclic) bond motifs is 2. The van der Waals surface area contributed by atoms with E-state index in [0.717, 1.165) is 0 Å². The molecule has 1 aliphatic carbocycles. The third-order valence-electron chi connectivity index (χ3n) is 4.55. The molecule has 0 saturated heterocycles. The molecule has 1 aromatic carbocycles. The molecule has 106 valence electrons. The first-order valence-corrected chi connectivity index (χ1v) is 6.46. The predicted octanol–water partition coefficient (Wildman–Crippen LogP) is 1.60. The van der Waals surface area contributed by atoms with Gasteiger partial charge in [0.2, 0.25) is 5.60 Å². The number of esters is 1. The van der Waals surface area contributed by atoms with Gasteiger partial charge >= 0.3 is 5.97 Å². The molecule has 0 spiro atoms. The first-order chi connectivity index (χ1) is 9.50. The third kappa shape index (κ3) is 1.31. The van der Waals surface area contributed by atoms with E-state index in [0.29, 0.717) is 17.7 Å². The van der Waals surface area contributed by atoms with E-state index in [1.165, 1.54) is 14.2 Å². The van der Waals surface area contributed by atoms with Crippen LogP contribution in [0.5, 0.6) is 5.75 Å². The molecule has 3 rings (SSSR count). The summed E-state index contributed by atoms with van der Waals surface area (Å²) < 4.78 is 16.3. The van der Waals surface area contributed by atoms with Crippen LogP contribution in [-0.4, -0.2) is 37.2 Å². The van der Waals surface area contributed by atoms with E-state index in [9.17, 15) is 9.59 Å². The van der Waals surface area contributed by atoms with Gasteiger partial charge in [-0.15, -0.1) is 0 Å². The van der Waals surface area contributed by atoms with Crippen LogP contribution < -0.4 is 4.74 Å². The summed E-state index contributed by atoms with van der Waals surface area (Å²) in [4.78, 5) is 24.9. The van der Waals surface area contributed by atoms with Gasteiger partial charge in [-0.1, -0.05) is 12.1 Å². The Kier molecular flexibility index (Phi) is 2.66. The van der Waals surface area contributed by atoms with Crippen LogP contribution in [-0.2, 0) is 14.3 Å². The number of hydrogen-bond acceptors (Lipinski definition) is 5. The van der Waals surface area contributed by atoms with Gasteiger partial charge in [0.1, 0.15) is 11.4 Å². The number of ketones is 1. The van der Waals surface area contributed by atoms with E-state index >= 15 is 0 Å². The molecular formula is C15H16O5. The van der Waals surface area contributed by atoms with Gasteiger partial charge in [-0.2, -0.15) is 0 Å². The maximum atomic E-state index is 12.6. The Morgan fingerprint density at radius 3 is 2.70 bits per heavy atom. The zero-order valence-electron chi connectivity index (χ0n) is 11.6. The van der Waals surface area contributed by atoms with Crippen molar-refractivity contribution in [2.75, 3.05) is 14.2 Å². The van der Waals surface area contributed by atoms with Gasteiger partial charge in [0.05, 0.1) is 18.6 Å². The topological polar surface area (TPSA) is 61.8 Å². The van der Waals surface area contributed by atoms with Crippen molar-refractivity contribution in [1.82, 2.24) is 0 Å². The van der Waals surface area contributed by atoms with Crippen LogP contribution in [0.1, 0.15) is 23.7 Å². The summed E-state index contributed by atoms with van der Waals surface area (Å²) in [6.45, 7) is 1.77. The van der Waals surface area contributed by atoms with Gasteiger partial charge in [-0.25, -0.2) is 4.79 Å². The van der Waals surface area contributed by atoms with Gasteiger partial charge in [-0.3, -0.25) is 4.79 Å². The Bertz CT molecular complexity index is 596. The highest BCUT2D eigenvalue weighted by Gasteiger charge is 2.75. The Morgan fingerprint density at radius 2 is 2.05 bits per heavy atom. The van der Waals surface area contributed by atoms with Crippen LogP contribution in [0.4, 0.5) is 0 Å². The van der Waals surface area contributed by atoms with Crippen LogP contribution in [0, 0.1) is 5.92 Å². The SMILES string of the molecule is COC(=O)C12Oc3ccccc3C(=O)C1CC2(C)OC. The minimum absolute atomic E-state index is 0.0909. The van der Waals surface area contributed by atoms with Crippen LogP contribution in [0.3, 0.4) is 0 Å². The van der Waals surface area contributed by atoms with Crippen molar-refractivity contribution in [2.24, 2.45) is 5.92 Å². The molecular weight excluding hydrogens is 260 g/mol. The number of para-hydroxylation sites is 1. The van der Waals surface area contributed by atoms with Gasteiger partial charge in [-0.05, 0) is 25.5 Å². The van der Waals surface area contributed by atoms with Crippen molar-refractivity contribution in [2.45, 2.75) is 24.5 Å². The Labute approximate surface area is 116 Å². The maximum absolute atomic E-state index is 12.6. The number of rotatable bonds is 2. The summed E-state index contributed by atoms with van der Waals surface area (Å²) in [6, 6.07) is 6.93. The average molecular weight is 276 g/mol. The zero-order valence-corrected chi connectivity index (χ0v) is 11.6. The molecule has 0 amide bonds. The number of Topliss-reactive ketones (excluding diaryl/α,β-unsaturated/α-hetero) is 1. The van der Waals surface area contributed by atoms with Crippen LogP contribution in [0.2, 0.25) is 0 Å². The molecule has 0 N–H and O–H groups in total. The molecule has 0 aromatic heterocycles. The summed E-state index contributed by atoms with van der Waals surface area (Å²) in [5.74, 6) is -0.815. The smallest absolute Gasteiger partial charge is 0.354 e. The molecule has 2 aliphatic rings. The molecule has 0 radical (unpaired) electrons. The monoisotopic (exact) mass is 276 g/mol. The molecule has 3 unspecified atom stereocenters. The fourth-order valence-corrected chi connectivity index (χ4v) is 3.29. The van der Waals surface area contributed by atoms with E-state index < -0.39 is 23.1 Å². The summed E-state index contributed by atoms with van der Waals surface area (Å²) in [7, 11) is 2.80. The second kappa shape index (κ2) is 4.06. The van der Waals surface area contributed by atoms with Crippen molar-refractivity contribution < 1.29 is 23.8 Å². The van der Waals surface area contributed by atoms with Gasteiger partial charge in [0.15, 0.2) is 5.78 Å². The number of hydrogen-bond donors (Lipinski definition) is 0. The van der Waals surface area contributed by atoms with E-state index in [4.69, 9.17) is 14.2 Å². The van der Waals surface area contributed by atoms with Crippen LogP contribution >= 0.6 is 0 Å². The number of carbonyl (C=O) groups excluding carboxylic acids is 2. The lowest BCUT2D eigenvalue weighted by molar-refractivity contribution is -0.247. The Morgan fingerprint density at radius 1 is 1.35 bits per heavy atom. The normalized spacial score (nSPS) is 34.4. The molecule has 20 heavy (non-hydrogen) atoms. The minimum atomic E-state index is -1.39. The highest BCUT2D eigenvalue weighted by atomic mass is 16.6. The lowest BCUT2D eigenvalue weighted by Gasteiger charge is -2.59. The predicted molar refractivity (Wildman–Crippen MR) is 69.7 cm³/mol. The van der Waals surface area contributed by atoms with Crippen molar-refractivity contribution in [1.29, 1.82) is 0 Å². The summed E-state index contributed by atoms with van der Waals surface area (Å²) in [6.07, 6.45) is 0.436. The number of carbonyl (C=O) groups is 2. The minimum Gasteiger partial charge on any atom is -0.471 e. The Hall–Kier alpha value is -1.88. The second-order valence-corrected chi connectivity index (χ2v) is 5.38. The number of methoxy groups -OCH3 is 2. The number of benzene rings is 1. The first-order valence-electron chi connectivity index (χ1n) is 6.46. The van der Waals surface area contributed by atoms with Crippen LogP contribution in [0.25, 0.3) is 0 Å². The fourth-order valence-electron chi connectivity index (χ4n) is 3.29. The van der Waals surface area contributed by atoms with E-state index in [1.54, 1.807) is 31.2 Å². The summed E-state index contributed by atoms with van der Waals surface area (Å²) in [5, 5.41) is 0. The molecule has 1 fully saturated rings. The molecule has 3 atom stereocenters. The highest BCUT2D eigenvalue weighted by molar-refractivity contribution is 6.07. The number of ether oxygens (including phenoxy) is 3. The van der Waals surface area contributed by atoms with Gasteiger partial charge in [0.25, 0.3) is 0 Å². The maximum Gasteiger partial charge on any atom is 0.354 e. The van der Waals surface area contributed by atoms with E-state index in [-0.39, 0.29) is 5.78 Å². The molecule has 5 nitrogen and oxygen atoms in total. The Balaban J connectivity index is 2.16. The zero-order chi connectivity index (χ0) is 14.5. The van der Waals surface area contributed by atoms with Crippen molar-refractivity contribution in [3.63, 3.8) is 0 Å². The average Bonchev–Trinajstić information content (AvgIpc) is 2.47. The lowest BCUT2D eigenvalue weighted by Crippen LogP contribution is -2.78. The first kappa shape index (κ1) is 13.1. The van der Waals surface area contributed by atoms with E-state index in [1.807, 2.05) is 0 Å². The summed E-state index contributed by atoms with van der Waals surface area (Å²) >= 11 is 0. The van der Waals surface area contributed by atoms with E-state index in [2.05, 4.69) is 0 Å². The fraction of sp³-hybridized carbons (Fsp3) is 0.467. The van der Waals surface area contributed by atoms with Crippen LogP contribution in [0.15, 0.2) is 24.3 Å². The molecule has 0 bridgehead atoms. The second-order valence-electron chi connectivity index (χ2n) is 5.38. The van der Waals surface area contributed by atoms with Crippen molar-refractivity contribution >= 4 is 11.8 Å². The standard InChI is InChI=1S/C15H16O5/c1-14(19-3)8-10-12(16)9-6-4-5-7-11(9)20-15(10,14)13(17)18-2/h4-7,10H,8H2,1-3H3. The van der Waals surface area contributed by atoms with Gasteiger partial charge < -0.3 is 14.2 Å². The van der Waals surface area contributed by atoms with Crippen molar-refractivity contribution in [3.8, 4) is 5.75 Å². The highest BCUT2D eigenvalue weighted by Crippen LogP contribution is 2.57. The molecule has 1 aliphatic heterocycles. The van der Waals surface area contributed by atoms with Gasteiger partial charge in [0, 0.05) is 7.11 Å². The molecule has 5 heteroatoms.